The Hall–Kier alpha value is -2.17. The van der Waals surface area contributed by atoms with Crippen LogP contribution in [0.2, 0.25) is 0 Å². The molecule has 0 spiro atoms. The van der Waals surface area contributed by atoms with E-state index in [1.165, 1.54) is 27.2 Å². The van der Waals surface area contributed by atoms with E-state index in [-0.39, 0.29) is 22.7 Å². The third-order valence-electron chi connectivity index (χ3n) is 3.41. The van der Waals surface area contributed by atoms with Crippen LogP contribution in [-0.4, -0.2) is 30.1 Å². The number of allylic oxidation sites excluding steroid dienone is 2. The van der Waals surface area contributed by atoms with Gasteiger partial charge in [0.25, 0.3) is 0 Å². The van der Waals surface area contributed by atoms with Gasteiger partial charge in [-0.2, -0.15) is 0 Å². The number of ether oxygens (including phenoxy) is 2. The van der Waals surface area contributed by atoms with Crippen molar-refractivity contribution in [1.29, 1.82) is 0 Å². The highest BCUT2D eigenvalue weighted by atomic mass is 16.5. The zero-order chi connectivity index (χ0) is 14.4. The molecule has 0 fully saturated rings. The minimum Gasteiger partial charge on any atom is -0.493 e. The highest BCUT2D eigenvalue weighted by Crippen LogP contribution is 2.36. The summed E-state index contributed by atoms with van der Waals surface area (Å²) in [7, 11) is 1.32. The summed E-state index contributed by atoms with van der Waals surface area (Å²) in [6, 6.07) is 0. The Labute approximate surface area is 110 Å². The molecule has 100 valence electrons. The Kier molecular flexibility index (Phi) is 2.92. The Balaban J connectivity index is 2.53. The summed E-state index contributed by atoms with van der Waals surface area (Å²) in [6.07, 6.45) is 2.41. The molecule has 0 saturated carbocycles. The molecule has 1 aliphatic carbocycles. The zero-order valence-electron chi connectivity index (χ0n) is 11.2. The van der Waals surface area contributed by atoms with E-state index in [4.69, 9.17) is 9.47 Å². The van der Waals surface area contributed by atoms with Gasteiger partial charge in [0.1, 0.15) is 0 Å². The summed E-state index contributed by atoms with van der Waals surface area (Å²) >= 11 is 0. The Morgan fingerprint density at radius 2 is 1.84 bits per heavy atom. The van der Waals surface area contributed by atoms with Crippen LogP contribution in [0.3, 0.4) is 0 Å². The second-order valence-electron chi connectivity index (χ2n) is 4.69. The molecular weight excluding hydrogens is 248 g/mol. The fourth-order valence-corrected chi connectivity index (χ4v) is 2.35. The minimum absolute atomic E-state index is 0.0232. The van der Waals surface area contributed by atoms with E-state index in [9.17, 15) is 14.4 Å². The maximum absolute atomic E-state index is 12.1. The van der Waals surface area contributed by atoms with Crippen LogP contribution in [0.1, 0.15) is 20.8 Å². The summed E-state index contributed by atoms with van der Waals surface area (Å²) in [5.41, 5.74) is -0.735. The first-order valence-corrected chi connectivity index (χ1v) is 5.78. The van der Waals surface area contributed by atoms with Crippen molar-refractivity contribution in [3.05, 3.63) is 34.8 Å². The molecule has 2 aliphatic rings. The first kappa shape index (κ1) is 13.3. The molecule has 0 amide bonds. The third kappa shape index (κ3) is 1.73. The standard InChI is InChI=1S/C14H14O5/c1-7-6-19-14(3,13(7)17)11-8(2)12(16)10(18-4)5-9(11)15/h5-6H,1-4H3/t14-/m1/s1. The second-order valence-corrected chi connectivity index (χ2v) is 4.69. The van der Waals surface area contributed by atoms with Gasteiger partial charge in [-0.05, 0) is 20.8 Å². The quantitative estimate of drug-likeness (QED) is 0.700. The molecule has 0 bridgehead atoms. The van der Waals surface area contributed by atoms with Crippen molar-refractivity contribution >= 4 is 17.3 Å². The molecule has 5 nitrogen and oxygen atoms in total. The van der Waals surface area contributed by atoms with Crippen molar-refractivity contribution in [2.75, 3.05) is 7.11 Å². The molecule has 0 aromatic carbocycles. The van der Waals surface area contributed by atoms with Gasteiger partial charge in [-0.15, -0.1) is 0 Å². The van der Waals surface area contributed by atoms with Gasteiger partial charge >= 0.3 is 0 Å². The lowest BCUT2D eigenvalue weighted by atomic mass is 9.80. The maximum Gasteiger partial charge on any atom is 0.223 e. The molecule has 5 heteroatoms. The summed E-state index contributed by atoms with van der Waals surface area (Å²) < 4.78 is 10.2. The van der Waals surface area contributed by atoms with Crippen LogP contribution >= 0.6 is 0 Å². The van der Waals surface area contributed by atoms with Crippen molar-refractivity contribution in [2.24, 2.45) is 0 Å². The lowest BCUT2D eigenvalue weighted by molar-refractivity contribution is -0.129. The first-order chi connectivity index (χ1) is 8.82. The SMILES string of the molecule is COC1=CC(=O)C([C@@]2(C)OC=C(C)C2=O)=C(C)C1=O. The predicted molar refractivity (Wildman–Crippen MR) is 66.1 cm³/mol. The fraction of sp³-hybridized carbons (Fsp3) is 0.357. The molecule has 1 aliphatic heterocycles. The molecule has 0 saturated heterocycles. The molecule has 0 aromatic heterocycles. The maximum atomic E-state index is 12.1. The van der Waals surface area contributed by atoms with Crippen molar-refractivity contribution < 1.29 is 23.9 Å². The normalized spacial score (nSPS) is 27.3. The van der Waals surface area contributed by atoms with Crippen molar-refractivity contribution in [1.82, 2.24) is 0 Å². The van der Waals surface area contributed by atoms with E-state index in [0.29, 0.717) is 5.57 Å². The Morgan fingerprint density at radius 1 is 1.21 bits per heavy atom. The van der Waals surface area contributed by atoms with Crippen LogP contribution in [0, 0.1) is 0 Å². The molecular formula is C14H14O5. The number of methoxy groups -OCH3 is 1. The zero-order valence-corrected chi connectivity index (χ0v) is 11.2. The largest absolute Gasteiger partial charge is 0.493 e. The number of rotatable bonds is 2. The Morgan fingerprint density at radius 3 is 2.32 bits per heavy atom. The molecule has 0 aromatic rings. The van der Waals surface area contributed by atoms with Gasteiger partial charge in [-0.25, -0.2) is 0 Å². The molecule has 2 rings (SSSR count). The van der Waals surface area contributed by atoms with Gasteiger partial charge in [-0.1, -0.05) is 0 Å². The van der Waals surface area contributed by atoms with Gasteiger partial charge in [0.2, 0.25) is 11.6 Å². The van der Waals surface area contributed by atoms with Gasteiger partial charge in [0.05, 0.1) is 18.9 Å². The van der Waals surface area contributed by atoms with Crippen LogP contribution in [0.5, 0.6) is 0 Å². The minimum atomic E-state index is -1.42. The van der Waals surface area contributed by atoms with Gasteiger partial charge in [-0.3, -0.25) is 14.4 Å². The number of Topliss-reactive ketones (excluding diaryl/α,β-unsaturated/α-hetero) is 2. The molecule has 0 unspecified atom stereocenters. The smallest absolute Gasteiger partial charge is 0.223 e. The fourth-order valence-electron chi connectivity index (χ4n) is 2.35. The van der Waals surface area contributed by atoms with Gasteiger partial charge in [0, 0.05) is 17.2 Å². The van der Waals surface area contributed by atoms with Gasteiger partial charge < -0.3 is 9.47 Å². The number of ketones is 3. The topological polar surface area (TPSA) is 69.7 Å². The first-order valence-electron chi connectivity index (χ1n) is 5.78. The predicted octanol–water partition coefficient (Wildman–Crippen LogP) is 1.25. The summed E-state index contributed by atoms with van der Waals surface area (Å²) in [5, 5.41) is 0. The molecule has 19 heavy (non-hydrogen) atoms. The second kappa shape index (κ2) is 4.19. The number of carbonyl (C=O) groups excluding carboxylic acids is 3. The Bertz CT molecular complexity index is 591. The van der Waals surface area contributed by atoms with Crippen LogP contribution in [0.15, 0.2) is 34.8 Å². The van der Waals surface area contributed by atoms with E-state index >= 15 is 0 Å². The molecule has 1 heterocycles. The highest BCUT2D eigenvalue weighted by Gasteiger charge is 2.48. The lowest BCUT2D eigenvalue weighted by Crippen LogP contribution is -2.41. The van der Waals surface area contributed by atoms with Crippen molar-refractivity contribution in [2.45, 2.75) is 26.4 Å². The van der Waals surface area contributed by atoms with E-state index in [2.05, 4.69) is 0 Å². The monoisotopic (exact) mass is 262 g/mol. The van der Waals surface area contributed by atoms with Crippen LogP contribution in [0.25, 0.3) is 0 Å². The lowest BCUT2D eigenvalue weighted by Gasteiger charge is -2.28. The van der Waals surface area contributed by atoms with E-state index < -0.39 is 17.2 Å². The van der Waals surface area contributed by atoms with E-state index in [0.717, 1.165) is 6.08 Å². The summed E-state index contributed by atoms with van der Waals surface area (Å²) in [6.45, 7) is 4.60. The average Bonchev–Trinajstić information content (AvgIpc) is 2.62. The van der Waals surface area contributed by atoms with Crippen molar-refractivity contribution in [3.63, 3.8) is 0 Å². The summed E-state index contributed by atoms with van der Waals surface area (Å²) in [4.78, 5) is 36.3. The van der Waals surface area contributed by atoms with Crippen LogP contribution in [0.4, 0.5) is 0 Å². The average molecular weight is 262 g/mol. The highest BCUT2D eigenvalue weighted by molar-refractivity contribution is 6.25. The van der Waals surface area contributed by atoms with Crippen molar-refractivity contribution in [3.8, 4) is 0 Å². The van der Waals surface area contributed by atoms with Gasteiger partial charge in [0.15, 0.2) is 17.1 Å². The number of carbonyl (C=O) groups is 3. The summed E-state index contributed by atoms with van der Waals surface area (Å²) in [5.74, 6) is -1.17. The molecule has 1 atom stereocenters. The molecule has 0 radical (unpaired) electrons. The van der Waals surface area contributed by atoms with E-state index in [1.54, 1.807) is 6.92 Å². The van der Waals surface area contributed by atoms with Crippen LogP contribution in [-0.2, 0) is 23.9 Å². The van der Waals surface area contributed by atoms with E-state index in [1.807, 2.05) is 0 Å². The number of hydrogen-bond acceptors (Lipinski definition) is 5. The molecule has 0 N–H and O–H groups in total. The van der Waals surface area contributed by atoms with Crippen LogP contribution < -0.4 is 0 Å². The number of hydrogen-bond donors (Lipinski definition) is 0. The third-order valence-corrected chi connectivity index (χ3v) is 3.41.